The van der Waals surface area contributed by atoms with E-state index < -0.39 is 0 Å². The number of nitrogens with zero attached hydrogens (tertiary/aromatic N) is 4. The lowest BCUT2D eigenvalue weighted by molar-refractivity contribution is 0.0321. The predicted octanol–water partition coefficient (Wildman–Crippen LogP) is 2.85. The van der Waals surface area contributed by atoms with E-state index in [-0.39, 0.29) is 6.61 Å². The zero-order valence-corrected chi connectivity index (χ0v) is 14.0. The van der Waals surface area contributed by atoms with E-state index in [1.54, 1.807) is 0 Å². The summed E-state index contributed by atoms with van der Waals surface area (Å²) < 4.78 is 4.83. The maximum Gasteiger partial charge on any atom is 0.199 e. The Morgan fingerprint density at radius 3 is 2.64 bits per heavy atom. The van der Waals surface area contributed by atoms with Gasteiger partial charge in [0.1, 0.15) is 6.61 Å². The van der Waals surface area contributed by atoms with Gasteiger partial charge in [0.15, 0.2) is 10.6 Å². The van der Waals surface area contributed by atoms with Crippen molar-refractivity contribution >= 4 is 12.2 Å². The van der Waals surface area contributed by atoms with E-state index in [4.69, 9.17) is 12.2 Å². The van der Waals surface area contributed by atoms with E-state index in [1.807, 2.05) is 4.68 Å². The molecule has 3 aliphatic rings. The summed E-state index contributed by atoms with van der Waals surface area (Å²) in [5.41, 5.74) is 0. The average molecular weight is 322 g/mol. The van der Waals surface area contributed by atoms with Gasteiger partial charge in [-0.1, -0.05) is 12.8 Å². The van der Waals surface area contributed by atoms with Gasteiger partial charge in [0.05, 0.1) is 6.67 Å². The molecule has 3 fully saturated rings. The molecule has 0 spiro atoms. The molecule has 2 atom stereocenters. The smallest absolute Gasteiger partial charge is 0.199 e. The fourth-order valence-electron chi connectivity index (χ4n) is 4.44. The predicted molar refractivity (Wildman–Crippen MR) is 86.9 cm³/mol. The van der Waals surface area contributed by atoms with Crippen molar-refractivity contribution in [1.29, 1.82) is 0 Å². The van der Waals surface area contributed by atoms with Gasteiger partial charge in [0, 0.05) is 18.6 Å². The minimum absolute atomic E-state index is 0.0147. The highest BCUT2D eigenvalue weighted by Crippen LogP contribution is 2.37. The Balaban J connectivity index is 1.56. The minimum atomic E-state index is -0.0147. The molecule has 1 aromatic heterocycles. The van der Waals surface area contributed by atoms with Crippen LogP contribution in [0.25, 0.3) is 0 Å². The molecule has 0 unspecified atom stereocenters. The first-order valence-electron chi connectivity index (χ1n) is 8.81. The molecule has 2 aliphatic carbocycles. The molecule has 2 heterocycles. The van der Waals surface area contributed by atoms with Crippen molar-refractivity contribution in [1.82, 2.24) is 19.2 Å². The third kappa shape index (κ3) is 2.65. The van der Waals surface area contributed by atoms with Crippen molar-refractivity contribution in [2.24, 2.45) is 5.92 Å². The number of hydrogen-bond acceptors (Lipinski definition) is 4. The molecule has 0 aromatic carbocycles. The molecule has 1 saturated heterocycles. The van der Waals surface area contributed by atoms with Crippen LogP contribution in [0.5, 0.6) is 0 Å². The van der Waals surface area contributed by atoms with E-state index in [1.165, 1.54) is 51.4 Å². The van der Waals surface area contributed by atoms with Crippen LogP contribution >= 0.6 is 12.2 Å². The highest BCUT2D eigenvalue weighted by molar-refractivity contribution is 7.71. The topological polar surface area (TPSA) is 46.2 Å². The molecular formula is C16H26N4OS. The molecular weight excluding hydrogens is 296 g/mol. The summed E-state index contributed by atoms with van der Waals surface area (Å²) in [5, 5.41) is 14.2. The van der Waals surface area contributed by atoms with Crippen molar-refractivity contribution in [3.8, 4) is 0 Å². The van der Waals surface area contributed by atoms with Gasteiger partial charge in [0.25, 0.3) is 0 Å². The largest absolute Gasteiger partial charge is 0.388 e. The molecule has 6 heteroatoms. The van der Waals surface area contributed by atoms with E-state index in [9.17, 15) is 5.11 Å². The molecule has 4 rings (SSSR count). The normalized spacial score (nSPS) is 29.5. The fraction of sp³-hybridized carbons (Fsp3) is 0.875. The van der Waals surface area contributed by atoms with Crippen LogP contribution in [0.4, 0.5) is 0 Å². The SMILES string of the molecule is OCc1nn(CN2CCC[C@H]3CCCC[C@H]32)c(=S)n1C1CC1. The lowest BCUT2D eigenvalue weighted by atomic mass is 9.78. The Morgan fingerprint density at radius 1 is 1.09 bits per heavy atom. The van der Waals surface area contributed by atoms with Gasteiger partial charge in [-0.2, -0.15) is 5.10 Å². The molecule has 1 aromatic rings. The van der Waals surface area contributed by atoms with Crippen LogP contribution in [0.15, 0.2) is 0 Å². The van der Waals surface area contributed by atoms with Crippen LogP contribution in [0.1, 0.15) is 63.2 Å². The van der Waals surface area contributed by atoms with Gasteiger partial charge < -0.3 is 5.11 Å². The number of piperidine rings is 1. The lowest BCUT2D eigenvalue weighted by Gasteiger charge is -2.43. The summed E-state index contributed by atoms with van der Waals surface area (Å²) in [6.07, 6.45) is 10.5. The van der Waals surface area contributed by atoms with E-state index in [0.29, 0.717) is 12.1 Å². The first kappa shape index (κ1) is 14.8. The second-order valence-corrected chi connectivity index (χ2v) is 7.53. The van der Waals surface area contributed by atoms with Crippen molar-refractivity contribution in [3.05, 3.63) is 10.6 Å². The van der Waals surface area contributed by atoms with Crippen LogP contribution in [0.3, 0.4) is 0 Å². The number of aliphatic hydroxyl groups excluding tert-OH is 1. The highest BCUT2D eigenvalue weighted by atomic mass is 32.1. The quantitative estimate of drug-likeness (QED) is 0.866. The van der Waals surface area contributed by atoms with Gasteiger partial charge in [-0.05, 0) is 56.7 Å². The zero-order chi connectivity index (χ0) is 15.1. The number of aliphatic hydroxyl groups is 1. The van der Waals surface area contributed by atoms with E-state index in [0.717, 1.165) is 29.7 Å². The van der Waals surface area contributed by atoms with Gasteiger partial charge >= 0.3 is 0 Å². The lowest BCUT2D eigenvalue weighted by Crippen LogP contribution is -2.47. The third-order valence-corrected chi connectivity index (χ3v) is 6.08. The Kier molecular flexibility index (Phi) is 4.09. The Hall–Kier alpha value is -0.720. The summed E-state index contributed by atoms with van der Waals surface area (Å²) in [6, 6.07) is 1.19. The van der Waals surface area contributed by atoms with E-state index >= 15 is 0 Å². The van der Waals surface area contributed by atoms with Gasteiger partial charge in [0.2, 0.25) is 0 Å². The number of aromatic nitrogens is 3. The van der Waals surface area contributed by atoms with Gasteiger partial charge in [-0.25, -0.2) is 4.68 Å². The third-order valence-electron chi connectivity index (χ3n) is 5.67. The van der Waals surface area contributed by atoms with Crippen molar-refractivity contribution in [2.75, 3.05) is 6.54 Å². The second kappa shape index (κ2) is 6.06. The van der Waals surface area contributed by atoms with Gasteiger partial charge in [-0.15, -0.1) is 0 Å². The van der Waals surface area contributed by atoms with Crippen molar-refractivity contribution in [2.45, 2.75) is 76.7 Å². The molecule has 1 N–H and O–H groups in total. The zero-order valence-electron chi connectivity index (χ0n) is 13.2. The Morgan fingerprint density at radius 2 is 1.86 bits per heavy atom. The summed E-state index contributed by atoms with van der Waals surface area (Å²) in [7, 11) is 0. The molecule has 0 radical (unpaired) electrons. The van der Waals surface area contributed by atoms with Gasteiger partial charge in [-0.3, -0.25) is 9.47 Å². The van der Waals surface area contributed by atoms with Crippen LogP contribution in [-0.4, -0.2) is 36.9 Å². The van der Waals surface area contributed by atoms with E-state index in [2.05, 4.69) is 14.6 Å². The highest BCUT2D eigenvalue weighted by Gasteiger charge is 2.34. The van der Waals surface area contributed by atoms with Crippen LogP contribution in [0, 0.1) is 10.7 Å². The molecule has 0 amide bonds. The first-order chi connectivity index (χ1) is 10.8. The molecule has 5 nitrogen and oxygen atoms in total. The summed E-state index contributed by atoms with van der Waals surface area (Å²) >= 11 is 5.64. The van der Waals surface area contributed by atoms with Crippen LogP contribution < -0.4 is 0 Å². The van der Waals surface area contributed by atoms with Crippen molar-refractivity contribution in [3.63, 3.8) is 0 Å². The molecule has 22 heavy (non-hydrogen) atoms. The number of hydrogen-bond donors (Lipinski definition) is 1. The summed E-state index contributed by atoms with van der Waals surface area (Å²) in [5.74, 6) is 1.62. The maximum absolute atomic E-state index is 9.57. The van der Waals surface area contributed by atoms with Crippen molar-refractivity contribution < 1.29 is 5.11 Å². The Labute approximate surface area is 136 Å². The average Bonchev–Trinajstić information content (AvgIpc) is 3.33. The maximum atomic E-state index is 9.57. The molecule has 1 aliphatic heterocycles. The number of likely N-dealkylation sites (tertiary alicyclic amines) is 1. The summed E-state index contributed by atoms with van der Waals surface area (Å²) in [6.45, 7) is 1.94. The second-order valence-electron chi connectivity index (χ2n) is 7.17. The number of rotatable bonds is 4. The Bertz CT molecular complexity index is 589. The standard InChI is InChI=1S/C16H26N4OS/c21-10-15-17-19(16(22)20(15)13-7-8-13)11-18-9-3-5-12-4-1-2-6-14(12)18/h12-14,21H,1-11H2/t12-,14-/m1/s1. The fourth-order valence-corrected chi connectivity index (χ4v) is 4.79. The monoisotopic (exact) mass is 322 g/mol. The molecule has 0 bridgehead atoms. The minimum Gasteiger partial charge on any atom is -0.388 e. The molecule has 2 saturated carbocycles. The number of fused-ring (bicyclic) bond motifs is 1. The first-order valence-corrected chi connectivity index (χ1v) is 9.22. The van der Waals surface area contributed by atoms with Crippen LogP contribution in [0.2, 0.25) is 0 Å². The molecule has 122 valence electrons. The van der Waals surface area contributed by atoms with Crippen LogP contribution in [-0.2, 0) is 13.3 Å². The summed E-state index contributed by atoms with van der Waals surface area (Å²) in [4.78, 5) is 2.59.